The van der Waals surface area contributed by atoms with Gasteiger partial charge in [0.15, 0.2) is 0 Å². The van der Waals surface area contributed by atoms with Crippen LogP contribution >= 0.6 is 0 Å². The van der Waals surface area contributed by atoms with Gasteiger partial charge in [-0.25, -0.2) is 0 Å². The second kappa shape index (κ2) is 6.80. The van der Waals surface area contributed by atoms with Gasteiger partial charge in [0.25, 0.3) is 0 Å². The first-order valence-corrected chi connectivity index (χ1v) is 8.64. The monoisotopic (exact) mass is 294 g/mol. The molecule has 0 aromatic rings. The Labute approximate surface area is 128 Å². The smallest absolute Gasteiger partial charge is 0.246 e. The lowest BCUT2D eigenvalue weighted by molar-refractivity contribution is -0.153. The van der Waals surface area contributed by atoms with E-state index in [4.69, 9.17) is 0 Å². The van der Waals surface area contributed by atoms with Gasteiger partial charge in [-0.15, -0.1) is 0 Å². The van der Waals surface area contributed by atoms with Crippen LogP contribution in [0.2, 0.25) is 0 Å². The van der Waals surface area contributed by atoms with E-state index in [2.05, 4.69) is 33.0 Å². The predicted molar refractivity (Wildman–Crippen MR) is 83.7 cm³/mol. The van der Waals surface area contributed by atoms with Crippen molar-refractivity contribution in [2.75, 3.05) is 6.54 Å². The van der Waals surface area contributed by atoms with E-state index in [-0.39, 0.29) is 29.8 Å². The molecule has 3 unspecified atom stereocenters. The fraction of sp³-hybridized carbons (Fsp3) is 0.882. The maximum absolute atomic E-state index is 12.9. The minimum absolute atomic E-state index is 0.0619. The highest BCUT2D eigenvalue weighted by atomic mass is 16.2. The maximum Gasteiger partial charge on any atom is 0.246 e. The molecule has 4 heteroatoms. The first-order chi connectivity index (χ1) is 10.0. The molecular formula is C17H30N2O2. The van der Waals surface area contributed by atoms with E-state index in [9.17, 15) is 9.59 Å². The van der Waals surface area contributed by atoms with Crippen LogP contribution in [0.5, 0.6) is 0 Å². The third-order valence-corrected chi connectivity index (χ3v) is 5.34. The van der Waals surface area contributed by atoms with Gasteiger partial charge < -0.3 is 10.2 Å². The Kier molecular flexibility index (Phi) is 5.28. The van der Waals surface area contributed by atoms with Crippen molar-refractivity contribution < 1.29 is 9.59 Å². The maximum atomic E-state index is 12.9. The number of nitrogens with one attached hydrogen (secondary N) is 1. The molecule has 1 aliphatic heterocycles. The Balaban J connectivity index is 2.20. The average molecular weight is 294 g/mol. The predicted octanol–water partition coefficient (Wildman–Crippen LogP) is 2.57. The first-order valence-electron chi connectivity index (χ1n) is 8.64. The number of amides is 2. The zero-order valence-corrected chi connectivity index (χ0v) is 13.9. The third kappa shape index (κ3) is 3.41. The van der Waals surface area contributed by atoms with Gasteiger partial charge in [-0.1, -0.05) is 47.0 Å². The fourth-order valence-electron chi connectivity index (χ4n) is 3.32. The number of hydrogen-bond acceptors (Lipinski definition) is 2. The van der Waals surface area contributed by atoms with Crippen LogP contribution in [0.1, 0.15) is 59.8 Å². The lowest BCUT2D eigenvalue weighted by Crippen LogP contribution is -2.66. The molecule has 2 amide bonds. The van der Waals surface area contributed by atoms with Crippen LogP contribution in [0.25, 0.3) is 0 Å². The standard InChI is InChI=1S/C17H30N2O2/c1-5-11(4)15-16(20)18-14(13-8-9-13)17(21)19(15)10-12(6-2)7-3/h11-15H,5-10H2,1-4H3,(H,18,20). The molecular weight excluding hydrogens is 264 g/mol. The lowest BCUT2D eigenvalue weighted by atomic mass is 9.90. The molecule has 21 heavy (non-hydrogen) atoms. The molecule has 2 aliphatic rings. The molecule has 1 saturated carbocycles. The highest BCUT2D eigenvalue weighted by Gasteiger charge is 2.48. The summed E-state index contributed by atoms with van der Waals surface area (Å²) in [5.74, 6) is 1.30. The van der Waals surface area contributed by atoms with Crippen LogP contribution in [0.15, 0.2) is 0 Å². The van der Waals surface area contributed by atoms with Crippen LogP contribution in [-0.2, 0) is 9.59 Å². The highest BCUT2D eigenvalue weighted by molar-refractivity contribution is 5.97. The lowest BCUT2D eigenvalue weighted by Gasteiger charge is -2.43. The van der Waals surface area contributed by atoms with Gasteiger partial charge in [-0.2, -0.15) is 0 Å². The van der Waals surface area contributed by atoms with E-state index in [1.165, 1.54) is 0 Å². The summed E-state index contributed by atoms with van der Waals surface area (Å²) in [6.07, 6.45) is 5.18. The van der Waals surface area contributed by atoms with Crippen molar-refractivity contribution in [3.8, 4) is 0 Å². The van der Waals surface area contributed by atoms with E-state index in [0.29, 0.717) is 11.8 Å². The largest absolute Gasteiger partial charge is 0.342 e. The third-order valence-electron chi connectivity index (χ3n) is 5.34. The molecule has 120 valence electrons. The SMILES string of the molecule is CCC(CC)CN1C(=O)C(C2CC2)NC(=O)C1C(C)CC. The Hall–Kier alpha value is -1.06. The van der Waals surface area contributed by atoms with Gasteiger partial charge in [0, 0.05) is 6.54 Å². The van der Waals surface area contributed by atoms with E-state index in [1.54, 1.807) is 0 Å². The number of rotatable bonds is 7. The molecule has 1 N–H and O–H groups in total. The Morgan fingerprint density at radius 3 is 2.24 bits per heavy atom. The molecule has 0 aromatic carbocycles. The highest BCUT2D eigenvalue weighted by Crippen LogP contribution is 2.36. The molecule has 1 aliphatic carbocycles. The van der Waals surface area contributed by atoms with Gasteiger partial charge >= 0.3 is 0 Å². The topological polar surface area (TPSA) is 49.4 Å². The number of carbonyl (C=O) groups excluding carboxylic acids is 2. The quantitative estimate of drug-likeness (QED) is 0.784. The molecule has 1 heterocycles. The van der Waals surface area contributed by atoms with Crippen LogP contribution in [0.3, 0.4) is 0 Å². The van der Waals surface area contributed by atoms with Crippen LogP contribution in [0, 0.1) is 17.8 Å². The molecule has 3 atom stereocenters. The van der Waals surface area contributed by atoms with Crippen LogP contribution in [0.4, 0.5) is 0 Å². The van der Waals surface area contributed by atoms with Gasteiger partial charge in [0.05, 0.1) is 0 Å². The fourth-order valence-corrected chi connectivity index (χ4v) is 3.32. The van der Waals surface area contributed by atoms with Crippen molar-refractivity contribution in [1.29, 1.82) is 0 Å². The summed E-state index contributed by atoms with van der Waals surface area (Å²) in [6, 6.07) is -0.537. The van der Waals surface area contributed by atoms with Crippen molar-refractivity contribution in [2.24, 2.45) is 17.8 Å². The van der Waals surface area contributed by atoms with Gasteiger partial charge in [0.2, 0.25) is 11.8 Å². The Morgan fingerprint density at radius 1 is 1.14 bits per heavy atom. The number of hydrogen-bond donors (Lipinski definition) is 1. The minimum atomic E-state index is -0.280. The van der Waals surface area contributed by atoms with Crippen molar-refractivity contribution in [1.82, 2.24) is 10.2 Å². The molecule has 2 fully saturated rings. The molecule has 1 saturated heterocycles. The molecule has 0 bridgehead atoms. The zero-order chi connectivity index (χ0) is 15.6. The molecule has 0 radical (unpaired) electrons. The second-order valence-electron chi connectivity index (χ2n) is 6.83. The van der Waals surface area contributed by atoms with Gasteiger partial charge in [-0.05, 0) is 30.6 Å². The summed E-state index contributed by atoms with van der Waals surface area (Å²) in [7, 11) is 0. The van der Waals surface area contributed by atoms with Crippen molar-refractivity contribution in [3.63, 3.8) is 0 Å². The van der Waals surface area contributed by atoms with Crippen molar-refractivity contribution in [2.45, 2.75) is 71.9 Å². The number of piperazine rings is 1. The van der Waals surface area contributed by atoms with Crippen LogP contribution < -0.4 is 5.32 Å². The Morgan fingerprint density at radius 2 is 1.76 bits per heavy atom. The summed E-state index contributed by atoms with van der Waals surface area (Å²) < 4.78 is 0. The van der Waals surface area contributed by atoms with E-state index in [0.717, 1.165) is 38.6 Å². The van der Waals surface area contributed by atoms with Crippen LogP contribution in [-0.4, -0.2) is 35.3 Å². The summed E-state index contributed by atoms with van der Waals surface area (Å²) in [5, 5.41) is 3.00. The molecule has 0 spiro atoms. The number of carbonyl (C=O) groups is 2. The minimum Gasteiger partial charge on any atom is -0.342 e. The summed E-state index contributed by atoms with van der Waals surface area (Å²) in [6.45, 7) is 9.23. The summed E-state index contributed by atoms with van der Waals surface area (Å²) in [5.41, 5.74) is 0. The first kappa shape index (κ1) is 16.3. The molecule has 0 aromatic heterocycles. The second-order valence-corrected chi connectivity index (χ2v) is 6.83. The van der Waals surface area contributed by atoms with Crippen molar-refractivity contribution in [3.05, 3.63) is 0 Å². The van der Waals surface area contributed by atoms with E-state index < -0.39 is 0 Å². The number of nitrogens with zero attached hydrogens (tertiary/aromatic N) is 1. The molecule has 2 rings (SSSR count). The zero-order valence-electron chi connectivity index (χ0n) is 13.9. The molecule has 4 nitrogen and oxygen atoms in total. The Bertz CT molecular complexity index is 388. The van der Waals surface area contributed by atoms with Crippen molar-refractivity contribution >= 4 is 11.8 Å². The van der Waals surface area contributed by atoms with Gasteiger partial charge in [0.1, 0.15) is 12.1 Å². The normalized spacial score (nSPS) is 28.0. The summed E-state index contributed by atoms with van der Waals surface area (Å²) >= 11 is 0. The van der Waals surface area contributed by atoms with Gasteiger partial charge in [-0.3, -0.25) is 9.59 Å². The summed E-state index contributed by atoms with van der Waals surface area (Å²) in [4.78, 5) is 27.3. The van der Waals surface area contributed by atoms with E-state index >= 15 is 0 Å². The average Bonchev–Trinajstić information content (AvgIpc) is 3.31. The van der Waals surface area contributed by atoms with E-state index in [1.807, 2.05) is 4.90 Å².